The number of aryl methyl sites for hydroxylation is 6. The van der Waals surface area contributed by atoms with Gasteiger partial charge < -0.3 is 95.2 Å². The van der Waals surface area contributed by atoms with E-state index in [1.807, 2.05) is 170 Å². The predicted molar refractivity (Wildman–Crippen MR) is 495 cm³/mol. The van der Waals surface area contributed by atoms with Crippen molar-refractivity contribution in [1.29, 1.82) is 0 Å². The van der Waals surface area contributed by atoms with E-state index >= 15 is 0 Å². The smallest absolute Gasteiger partial charge is 0.394 e. The molecule has 0 aromatic heterocycles. The number of carboxylic acid groups (broad SMARTS) is 1. The number of rotatable bonds is 31. The number of sulfonamides is 1. The molecule has 24 N–H and O–H groups in total. The van der Waals surface area contributed by atoms with Crippen molar-refractivity contribution >= 4 is 152 Å². The number of urea groups is 1. The number of likely N-dealkylation sites (N-methyl/N-ethyl adjacent to an activating group) is 3. The molecule has 0 fully saturated rings. The number of primary amides is 2. The van der Waals surface area contributed by atoms with Crippen LogP contribution in [0.5, 0.6) is 0 Å². The molecule has 120 heavy (non-hydrogen) atoms. The number of carbonyl (C=O) groups is 3. The molecule has 0 spiro atoms. The van der Waals surface area contributed by atoms with E-state index in [0.717, 1.165) is 155 Å². The maximum absolute atomic E-state index is 11.0. The first-order chi connectivity index (χ1) is 54.8. The van der Waals surface area contributed by atoms with Gasteiger partial charge in [-0.25, -0.2) is 17.9 Å². The zero-order valence-electron chi connectivity index (χ0n) is 71.9. The molecule has 0 aliphatic carbocycles. The summed E-state index contributed by atoms with van der Waals surface area (Å²) in [5.74, 6) is -1.10. The van der Waals surface area contributed by atoms with E-state index < -0.39 is 52.9 Å². The molecular formula is C79H132Cl2N16O19S4. The molecule has 35 nitrogen and oxygen atoms in total. The standard InChI is InChI=1S/C13H22N2O2.C12H20N4O.C12H21N3O2S.C12H18N2O2.C12H20N2.C11H17N3O.C7H8O3S.2ClH.2H2O4S/c1-4-17-10-15(7-8-16-3)12-5-6-13(14)11(2)9-12;1-3-16(7-6-15-12(14)17)10-4-5-11(13)9(2)8-10;1-4-15(8-7-14-18(3,16)17)11-5-6-12(13)10(2)9-11;1-3-14(7-6-12(15)16)10-4-5-11(13)9(2)8-10;1-5-14(6-2)12-8-7-11(13)9(3)10(12)4;1-3-14(7-11(13)15)9-4-5-10(12)8(2)6-9;1-6-2-4-7(5-3-6)11(8,9)10;;;2*1-5(2,3)4/h5-6,9H,4,7-8,10,14H2,1-3H3;4-5,8H,3,6-7,13H2,1-2H3,(H3,14,15,17);5-6,9,14H,4,7-8,13H2,1-3H3;4-5,8H,3,6-7,13H2,1-2H3,(H,15,16);7-8H,5-6,13H2,1-4H3;4-6H,3,7,12H2,1-2H3,(H2,13,15);2-5H,1H3,(H,8,9,10);2*1H;2*(H2,1,2,3,4). The lowest BCUT2D eigenvalue weighted by Crippen LogP contribution is -2.37. The lowest BCUT2D eigenvalue weighted by atomic mass is 10.1. The van der Waals surface area contributed by atoms with Crippen molar-refractivity contribution in [2.24, 2.45) is 11.5 Å². The first-order valence-electron chi connectivity index (χ1n) is 37.4. The van der Waals surface area contributed by atoms with Crippen molar-refractivity contribution in [2.75, 3.05) is 182 Å². The number of carboxylic acids is 1. The Labute approximate surface area is 723 Å². The van der Waals surface area contributed by atoms with Crippen molar-refractivity contribution in [3.8, 4) is 0 Å². The fourth-order valence-electron chi connectivity index (χ4n) is 10.3. The number of carbonyl (C=O) groups excluding carboxylic acids is 2. The number of anilines is 12. The minimum absolute atomic E-state index is 0. The van der Waals surface area contributed by atoms with Gasteiger partial charge >= 0.3 is 32.8 Å². The Kier molecular flexibility index (Phi) is 58.3. The lowest BCUT2D eigenvalue weighted by Gasteiger charge is -2.24. The first kappa shape index (κ1) is 117. The first-order valence-corrected chi connectivity index (χ1v) is 43.5. The van der Waals surface area contributed by atoms with Crippen molar-refractivity contribution in [1.82, 2.24) is 10.0 Å². The van der Waals surface area contributed by atoms with Crippen LogP contribution in [0, 0.1) is 55.4 Å². The minimum Gasteiger partial charge on any atom is -0.481 e. The molecule has 0 atom stereocenters. The van der Waals surface area contributed by atoms with Gasteiger partial charge in [0.15, 0.2) is 0 Å². The summed E-state index contributed by atoms with van der Waals surface area (Å²) >= 11 is 0. The fraction of sp³-hybridized carbons (Fsp3) is 0.430. The van der Waals surface area contributed by atoms with Crippen molar-refractivity contribution in [3.05, 3.63) is 172 Å². The Hall–Kier alpha value is -9.59. The molecule has 0 heterocycles. The van der Waals surface area contributed by atoms with Crippen LogP contribution in [-0.2, 0) is 60.0 Å². The Morgan fingerprint density at radius 1 is 0.425 bits per heavy atom. The van der Waals surface area contributed by atoms with E-state index in [4.69, 9.17) is 100 Å². The number of nitrogens with one attached hydrogen (secondary N) is 2. The highest BCUT2D eigenvalue weighted by Crippen LogP contribution is 2.28. The number of aliphatic carboxylic acids is 1. The summed E-state index contributed by atoms with van der Waals surface area (Å²) in [6, 6.07) is 38.8. The molecule has 0 aliphatic heterocycles. The van der Waals surface area contributed by atoms with Crippen LogP contribution in [0.1, 0.15) is 99.4 Å². The molecule has 0 unspecified atom stereocenters. The van der Waals surface area contributed by atoms with Crippen LogP contribution in [-0.4, -0.2) is 198 Å². The van der Waals surface area contributed by atoms with Crippen molar-refractivity contribution < 1.29 is 85.4 Å². The molecule has 0 saturated heterocycles. The number of amides is 3. The monoisotopic (exact) mass is 1810 g/mol. The van der Waals surface area contributed by atoms with Crippen LogP contribution in [0.4, 0.5) is 73.0 Å². The van der Waals surface area contributed by atoms with Crippen LogP contribution in [0.3, 0.4) is 0 Å². The normalized spacial score (nSPS) is 10.4. The molecule has 0 aliphatic rings. The number of hydrogen-bond acceptors (Lipinski definition) is 25. The Bertz CT molecular complexity index is 4610. The molecule has 0 radical (unpaired) electrons. The fourth-order valence-corrected chi connectivity index (χ4v) is 11.2. The summed E-state index contributed by atoms with van der Waals surface area (Å²) in [4.78, 5) is 44.6. The summed E-state index contributed by atoms with van der Waals surface area (Å²) in [5, 5.41) is 11.2. The number of hydrogen-bond donors (Lipinski definition) is 16. The summed E-state index contributed by atoms with van der Waals surface area (Å²) in [6.45, 7) is 41.4. The zero-order valence-corrected chi connectivity index (χ0v) is 76.8. The van der Waals surface area contributed by atoms with Crippen LogP contribution < -0.4 is 85.3 Å². The molecule has 0 saturated carbocycles. The van der Waals surface area contributed by atoms with Crippen LogP contribution in [0.25, 0.3) is 0 Å². The van der Waals surface area contributed by atoms with E-state index in [1.165, 1.54) is 28.9 Å². The molecule has 41 heteroatoms. The quantitative estimate of drug-likeness (QED) is 0.0109. The molecule has 680 valence electrons. The zero-order chi connectivity index (χ0) is 91.0. The molecular weight excluding hydrogens is 1680 g/mol. The number of halogens is 2. The van der Waals surface area contributed by atoms with E-state index in [9.17, 15) is 31.2 Å². The largest absolute Gasteiger partial charge is 0.481 e. The number of nitrogen functional groups attached to an aromatic ring is 6. The van der Waals surface area contributed by atoms with Gasteiger partial charge in [0.1, 0.15) is 6.73 Å². The van der Waals surface area contributed by atoms with Crippen molar-refractivity contribution in [2.45, 2.75) is 115 Å². The maximum atomic E-state index is 11.0. The topological polar surface area (TPSA) is 579 Å². The Morgan fingerprint density at radius 2 is 0.750 bits per heavy atom. The van der Waals surface area contributed by atoms with Gasteiger partial charge in [0.05, 0.1) is 30.7 Å². The Balaban J connectivity index is -0.000000641. The van der Waals surface area contributed by atoms with Gasteiger partial charge in [-0.1, -0.05) is 17.7 Å². The molecule has 3 amide bonds. The van der Waals surface area contributed by atoms with Crippen LogP contribution in [0.15, 0.2) is 132 Å². The summed E-state index contributed by atoms with van der Waals surface area (Å²) in [7, 11) is -14.8. The average molecular weight is 1810 g/mol. The third-order valence-electron chi connectivity index (χ3n) is 17.2. The lowest BCUT2D eigenvalue weighted by molar-refractivity contribution is -0.136. The highest BCUT2D eigenvalue weighted by molar-refractivity contribution is 7.88. The van der Waals surface area contributed by atoms with Gasteiger partial charge in [-0.2, -0.15) is 25.3 Å². The summed E-state index contributed by atoms with van der Waals surface area (Å²) < 4.78 is 128. The van der Waals surface area contributed by atoms with E-state index in [0.29, 0.717) is 46.1 Å². The number of benzene rings is 7. The second-order valence-corrected chi connectivity index (χ2v) is 31.2. The van der Waals surface area contributed by atoms with Crippen LogP contribution in [0.2, 0.25) is 0 Å². The van der Waals surface area contributed by atoms with E-state index in [-0.39, 0.29) is 48.6 Å². The van der Waals surface area contributed by atoms with Gasteiger partial charge in [0, 0.05) is 161 Å². The second-order valence-electron chi connectivity index (χ2n) is 26.2. The van der Waals surface area contributed by atoms with E-state index in [2.05, 4.69) is 76.4 Å². The Morgan fingerprint density at radius 3 is 1.04 bits per heavy atom. The molecule has 0 bridgehead atoms. The molecule has 7 aromatic rings. The maximum Gasteiger partial charge on any atom is 0.394 e. The number of ether oxygens (including phenoxy) is 2. The molecule has 7 rings (SSSR count). The highest BCUT2D eigenvalue weighted by atomic mass is 35.5. The van der Waals surface area contributed by atoms with Gasteiger partial charge in [-0.3, -0.25) is 32.4 Å². The summed E-state index contributed by atoms with van der Waals surface area (Å²) in [5.41, 5.74) is 64.9. The predicted octanol–water partition coefficient (Wildman–Crippen LogP) is 10.3. The van der Waals surface area contributed by atoms with Gasteiger partial charge in [-0.15, -0.1) is 24.8 Å². The SMILES string of the molecule is CCN(CC(N)=O)c1ccc(N)c(C)c1.CCN(CC)c1ccc(N)c(C)c1C.CCN(CCC(=O)O)c1ccc(N)c(C)c1.CCN(CCNC(N)=O)c1ccc(N)c(C)c1.CCN(CCNS(C)(=O)=O)c1ccc(N)c(C)c1.CCOCN(CCOC)c1ccc(N)c(C)c1.Cc1ccc(S(=O)(=O)O)cc1.Cl.Cl.O=S(=O)(O)O.O=S(=O)(O)O. The average Bonchev–Trinajstić information content (AvgIpc) is 0.833. The molecule has 7 aromatic carbocycles. The van der Waals surface area contributed by atoms with Gasteiger partial charge in [0.2, 0.25) is 15.9 Å². The van der Waals surface area contributed by atoms with Crippen LogP contribution >= 0.6 is 24.8 Å². The highest BCUT2D eigenvalue weighted by Gasteiger charge is 2.15. The third kappa shape index (κ3) is 52.5. The van der Waals surface area contributed by atoms with Gasteiger partial charge in [-0.05, 0) is 258 Å². The van der Waals surface area contributed by atoms with E-state index in [1.54, 1.807) is 19.2 Å². The summed E-state index contributed by atoms with van der Waals surface area (Å²) in [6.07, 6.45) is 1.31. The third-order valence-corrected chi connectivity index (χ3v) is 18.8. The van der Waals surface area contributed by atoms with Gasteiger partial charge in [0.25, 0.3) is 10.1 Å². The minimum atomic E-state index is -4.67. The number of nitrogens with zero attached hydrogens (tertiary/aromatic N) is 6. The number of nitrogens with two attached hydrogens (primary N) is 8. The number of methoxy groups -OCH3 is 1. The van der Waals surface area contributed by atoms with Crippen molar-refractivity contribution in [3.63, 3.8) is 0 Å². The second kappa shape index (κ2) is 60.0.